The molecule has 23 heavy (non-hydrogen) atoms. The molecule has 2 rings (SSSR count). The molecule has 2 aromatic rings. The molecule has 0 aliphatic rings. The number of hydrogen-bond acceptors (Lipinski definition) is 2. The first-order chi connectivity index (χ1) is 11.0. The number of aromatic carboxylic acids is 1. The van der Waals surface area contributed by atoms with Crippen LogP contribution in [0.25, 0.3) is 0 Å². The van der Waals surface area contributed by atoms with Crippen LogP contribution in [-0.4, -0.2) is 22.9 Å². The van der Waals surface area contributed by atoms with Gasteiger partial charge >= 0.3 is 5.97 Å². The number of carboxylic acids is 1. The summed E-state index contributed by atoms with van der Waals surface area (Å²) in [5, 5.41) is 8.99. The summed E-state index contributed by atoms with van der Waals surface area (Å²) < 4.78 is 0. The van der Waals surface area contributed by atoms with Crippen LogP contribution in [0.5, 0.6) is 0 Å². The number of benzene rings is 2. The van der Waals surface area contributed by atoms with Crippen molar-refractivity contribution in [1.82, 2.24) is 0 Å². The number of nitrogens with zero attached hydrogens (tertiary/aromatic N) is 1. The van der Waals surface area contributed by atoms with Gasteiger partial charge in [-0.1, -0.05) is 24.3 Å². The molecule has 0 spiro atoms. The molecule has 0 radical (unpaired) electrons. The molecule has 0 aromatic heterocycles. The Labute approximate surface area is 133 Å². The lowest BCUT2D eigenvalue weighted by Gasteiger charge is -2.05. The lowest BCUT2D eigenvalue weighted by atomic mass is 10.0. The van der Waals surface area contributed by atoms with E-state index in [1.807, 2.05) is 12.1 Å². The van der Waals surface area contributed by atoms with Crippen LogP contribution in [0.2, 0.25) is 0 Å². The number of rotatable bonds is 5. The van der Waals surface area contributed by atoms with Gasteiger partial charge in [-0.05, 0) is 48.2 Å². The van der Waals surface area contributed by atoms with Gasteiger partial charge in [0.05, 0.1) is 5.56 Å². The largest absolute Gasteiger partial charge is 0.478 e. The number of guanidine groups is 1. The lowest BCUT2D eigenvalue weighted by molar-refractivity contribution is 0.0696. The maximum absolute atomic E-state index is 11.8. The zero-order valence-corrected chi connectivity index (χ0v) is 12.4. The Bertz CT molecular complexity index is 765. The third-order valence-corrected chi connectivity index (χ3v) is 3.28. The third kappa shape index (κ3) is 4.67. The maximum atomic E-state index is 11.8. The highest BCUT2D eigenvalue weighted by Gasteiger charge is 2.07. The molecule has 1 amide bonds. The summed E-state index contributed by atoms with van der Waals surface area (Å²) in [6.45, 7) is 0. The minimum atomic E-state index is -0.948. The fourth-order valence-electron chi connectivity index (χ4n) is 2.19. The number of carbonyl (C=O) groups excluding carboxylic acids is 1. The highest BCUT2D eigenvalue weighted by molar-refractivity contribution is 6.01. The summed E-state index contributed by atoms with van der Waals surface area (Å²) in [4.78, 5) is 26.3. The van der Waals surface area contributed by atoms with Gasteiger partial charge in [0, 0.05) is 5.56 Å². The number of carbonyl (C=O) groups is 2. The predicted molar refractivity (Wildman–Crippen MR) is 87.4 cm³/mol. The Morgan fingerprint density at radius 1 is 0.913 bits per heavy atom. The van der Waals surface area contributed by atoms with Crippen molar-refractivity contribution in [3.05, 3.63) is 70.8 Å². The third-order valence-electron chi connectivity index (χ3n) is 3.28. The van der Waals surface area contributed by atoms with Gasteiger partial charge in [0.25, 0.3) is 5.91 Å². The number of aryl methyl sites for hydroxylation is 2. The first-order valence-electron chi connectivity index (χ1n) is 7.01. The van der Waals surface area contributed by atoms with Gasteiger partial charge in [0.1, 0.15) is 0 Å². The fourth-order valence-corrected chi connectivity index (χ4v) is 2.19. The molecule has 0 saturated carbocycles. The van der Waals surface area contributed by atoms with Gasteiger partial charge in [0.15, 0.2) is 5.96 Å². The average Bonchev–Trinajstić information content (AvgIpc) is 2.53. The second-order valence-corrected chi connectivity index (χ2v) is 5.05. The molecule has 0 saturated heterocycles. The molecule has 0 aliphatic carbocycles. The van der Waals surface area contributed by atoms with E-state index in [9.17, 15) is 9.59 Å². The van der Waals surface area contributed by atoms with Gasteiger partial charge < -0.3 is 16.6 Å². The van der Waals surface area contributed by atoms with Crippen molar-refractivity contribution in [3.8, 4) is 0 Å². The summed E-state index contributed by atoms with van der Waals surface area (Å²) in [5.41, 5.74) is 12.9. The van der Waals surface area contributed by atoms with Crippen LogP contribution >= 0.6 is 0 Å². The molecule has 0 unspecified atom stereocenters. The number of carboxylic acid groups (broad SMARTS) is 1. The Hall–Kier alpha value is -3.15. The lowest BCUT2D eigenvalue weighted by Crippen LogP contribution is -2.24. The van der Waals surface area contributed by atoms with Crippen molar-refractivity contribution in [2.24, 2.45) is 16.5 Å². The zero-order valence-electron chi connectivity index (χ0n) is 12.4. The quantitative estimate of drug-likeness (QED) is 0.572. The van der Waals surface area contributed by atoms with E-state index in [0.717, 1.165) is 11.1 Å². The number of amides is 1. The maximum Gasteiger partial charge on any atom is 0.335 e. The molecule has 2 aromatic carbocycles. The molecule has 5 N–H and O–H groups in total. The summed E-state index contributed by atoms with van der Waals surface area (Å²) >= 11 is 0. The van der Waals surface area contributed by atoms with Gasteiger partial charge in [-0.2, -0.15) is 4.99 Å². The second kappa shape index (κ2) is 7.22. The smallest absolute Gasteiger partial charge is 0.335 e. The van der Waals surface area contributed by atoms with Crippen LogP contribution < -0.4 is 11.5 Å². The van der Waals surface area contributed by atoms with Crippen molar-refractivity contribution in [3.63, 3.8) is 0 Å². The van der Waals surface area contributed by atoms with Crippen molar-refractivity contribution in [2.75, 3.05) is 0 Å². The number of nitrogens with two attached hydrogens (primary N) is 2. The minimum Gasteiger partial charge on any atom is -0.478 e. The van der Waals surface area contributed by atoms with E-state index < -0.39 is 11.9 Å². The molecular weight excluding hydrogens is 294 g/mol. The molecule has 6 heteroatoms. The molecule has 0 bridgehead atoms. The van der Waals surface area contributed by atoms with Crippen LogP contribution in [0.1, 0.15) is 31.8 Å². The van der Waals surface area contributed by atoms with Crippen molar-refractivity contribution in [1.29, 1.82) is 0 Å². The second-order valence-electron chi connectivity index (χ2n) is 5.05. The first-order valence-corrected chi connectivity index (χ1v) is 7.01. The Morgan fingerprint density at radius 3 is 1.96 bits per heavy atom. The van der Waals surface area contributed by atoms with Crippen LogP contribution in [0.4, 0.5) is 0 Å². The summed E-state index contributed by atoms with van der Waals surface area (Å²) in [6, 6.07) is 13.8. The predicted octanol–water partition coefficient (Wildman–Crippen LogP) is 1.58. The molecule has 0 heterocycles. The van der Waals surface area contributed by atoms with E-state index in [1.165, 1.54) is 0 Å². The van der Waals surface area contributed by atoms with Crippen LogP contribution in [0.3, 0.4) is 0 Å². The Kier molecular flexibility index (Phi) is 5.09. The fraction of sp³-hybridized carbons (Fsp3) is 0.118. The molecule has 6 nitrogen and oxygen atoms in total. The van der Waals surface area contributed by atoms with E-state index in [0.29, 0.717) is 18.4 Å². The number of hydrogen-bond donors (Lipinski definition) is 3. The van der Waals surface area contributed by atoms with E-state index in [-0.39, 0.29) is 11.5 Å². The van der Waals surface area contributed by atoms with E-state index in [1.54, 1.807) is 36.4 Å². The zero-order chi connectivity index (χ0) is 16.8. The van der Waals surface area contributed by atoms with Gasteiger partial charge in [-0.25, -0.2) is 4.79 Å². The average molecular weight is 311 g/mol. The SMILES string of the molecule is NC(N)=NC(=O)c1cccc(CCc2cccc(C(=O)O)c2)c1. The van der Waals surface area contributed by atoms with Gasteiger partial charge in [-0.15, -0.1) is 0 Å². The molecular formula is C17H17N3O3. The van der Waals surface area contributed by atoms with Gasteiger partial charge in [0.2, 0.25) is 0 Å². The topological polar surface area (TPSA) is 119 Å². The molecule has 0 aliphatic heterocycles. The van der Waals surface area contributed by atoms with E-state index >= 15 is 0 Å². The normalized spacial score (nSPS) is 10.1. The first kappa shape index (κ1) is 16.2. The standard InChI is InChI=1S/C17H17N3O3/c18-17(19)20-15(21)13-5-1-3-11(9-13)7-8-12-4-2-6-14(10-12)16(22)23/h1-6,9-10H,7-8H2,(H,22,23)(H4,18,19,20,21). The molecule has 0 fully saturated rings. The molecule has 0 atom stereocenters. The van der Waals surface area contributed by atoms with Crippen LogP contribution in [-0.2, 0) is 12.8 Å². The van der Waals surface area contributed by atoms with Gasteiger partial charge in [-0.3, -0.25) is 4.79 Å². The van der Waals surface area contributed by atoms with Crippen molar-refractivity contribution in [2.45, 2.75) is 12.8 Å². The highest BCUT2D eigenvalue weighted by atomic mass is 16.4. The van der Waals surface area contributed by atoms with E-state index in [4.69, 9.17) is 16.6 Å². The van der Waals surface area contributed by atoms with Crippen molar-refractivity contribution < 1.29 is 14.7 Å². The number of aliphatic imine (C=N–C) groups is 1. The van der Waals surface area contributed by atoms with Crippen LogP contribution in [0.15, 0.2) is 53.5 Å². The Balaban J connectivity index is 2.09. The Morgan fingerprint density at radius 2 is 1.43 bits per heavy atom. The van der Waals surface area contributed by atoms with Crippen molar-refractivity contribution >= 4 is 17.8 Å². The monoisotopic (exact) mass is 311 g/mol. The summed E-state index contributed by atoms with van der Waals surface area (Å²) in [6.07, 6.45) is 1.34. The minimum absolute atomic E-state index is 0.263. The summed E-state index contributed by atoms with van der Waals surface area (Å²) in [5.74, 6) is -1.71. The summed E-state index contributed by atoms with van der Waals surface area (Å²) in [7, 11) is 0. The van der Waals surface area contributed by atoms with Crippen LogP contribution in [0, 0.1) is 0 Å². The molecule has 118 valence electrons. The highest BCUT2D eigenvalue weighted by Crippen LogP contribution is 2.12. The van der Waals surface area contributed by atoms with E-state index in [2.05, 4.69) is 4.99 Å².